The number of carbonyl (C=O) groups excluding carboxylic acids is 2. The Labute approximate surface area is 215 Å². The minimum absolute atomic E-state index is 0.0818. The van der Waals surface area contributed by atoms with Gasteiger partial charge in [-0.2, -0.15) is 0 Å². The van der Waals surface area contributed by atoms with Crippen LogP contribution in [-0.2, 0) is 16.0 Å². The van der Waals surface area contributed by atoms with Crippen LogP contribution in [0.3, 0.4) is 0 Å². The highest BCUT2D eigenvalue weighted by Gasteiger charge is 2.26. The van der Waals surface area contributed by atoms with Gasteiger partial charge in [-0.3, -0.25) is 9.59 Å². The number of hydrogen-bond donors (Lipinski definition) is 3. The van der Waals surface area contributed by atoms with Crippen LogP contribution in [0.2, 0.25) is 5.02 Å². The molecule has 1 unspecified atom stereocenters. The Kier molecular flexibility index (Phi) is 7.88. The molecule has 7 heteroatoms. The van der Waals surface area contributed by atoms with Crippen LogP contribution in [-0.4, -0.2) is 29.1 Å². The maximum absolute atomic E-state index is 12.7. The van der Waals surface area contributed by atoms with Crippen LogP contribution in [0.5, 0.6) is 5.75 Å². The summed E-state index contributed by atoms with van der Waals surface area (Å²) < 4.78 is 5.75. The summed E-state index contributed by atoms with van der Waals surface area (Å²) in [5, 5.41) is 16.0. The lowest BCUT2D eigenvalue weighted by Crippen LogP contribution is -2.34. The Morgan fingerprint density at radius 1 is 1.08 bits per heavy atom. The highest BCUT2D eigenvalue weighted by Crippen LogP contribution is 2.30. The first kappa shape index (κ1) is 25.2. The smallest absolute Gasteiger partial charge is 0.253 e. The summed E-state index contributed by atoms with van der Waals surface area (Å²) in [4.78, 5) is 24.4. The molecule has 2 amide bonds. The first-order chi connectivity index (χ1) is 17.3. The van der Waals surface area contributed by atoms with Crippen molar-refractivity contribution >= 4 is 40.4 Å². The highest BCUT2D eigenvalue weighted by molar-refractivity contribution is 6.30. The number of allylic oxidation sites excluding steroid dienone is 2. The predicted octanol–water partition coefficient (Wildman–Crippen LogP) is 5.61. The molecule has 0 aliphatic carbocycles. The number of amides is 2. The van der Waals surface area contributed by atoms with E-state index >= 15 is 0 Å². The zero-order valence-corrected chi connectivity index (χ0v) is 20.8. The molecule has 36 heavy (non-hydrogen) atoms. The topological polar surface area (TPSA) is 87.7 Å². The number of carbonyl (C=O) groups is 2. The summed E-state index contributed by atoms with van der Waals surface area (Å²) in [6.45, 7) is 3.96. The number of aliphatic hydroxyl groups is 1. The molecule has 0 spiro atoms. The van der Waals surface area contributed by atoms with Crippen LogP contribution in [0, 0.1) is 0 Å². The molecular formula is C29H27ClN2O4. The third-order valence-electron chi connectivity index (χ3n) is 5.59. The van der Waals surface area contributed by atoms with E-state index in [-0.39, 0.29) is 18.4 Å². The van der Waals surface area contributed by atoms with E-state index in [1.807, 2.05) is 68.5 Å². The van der Waals surface area contributed by atoms with Crippen molar-refractivity contribution in [1.82, 2.24) is 0 Å². The van der Waals surface area contributed by atoms with Crippen LogP contribution >= 0.6 is 11.6 Å². The minimum atomic E-state index is -1.15. The maximum atomic E-state index is 12.7. The van der Waals surface area contributed by atoms with E-state index in [4.69, 9.17) is 16.3 Å². The van der Waals surface area contributed by atoms with E-state index in [1.165, 1.54) is 6.08 Å². The Balaban J connectivity index is 1.56. The van der Waals surface area contributed by atoms with Gasteiger partial charge in [-0.25, -0.2) is 0 Å². The van der Waals surface area contributed by atoms with Crippen molar-refractivity contribution in [3.63, 3.8) is 0 Å². The predicted molar refractivity (Wildman–Crippen MR) is 143 cm³/mol. The van der Waals surface area contributed by atoms with Crippen LogP contribution in [0.4, 0.5) is 11.4 Å². The van der Waals surface area contributed by atoms with Crippen molar-refractivity contribution in [3.8, 4) is 5.75 Å². The second-order valence-corrected chi connectivity index (χ2v) is 9.10. The van der Waals surface area contributed by atoms with Crippen LogP contribution in [0.15, 0.2) is 85.0 Å². The number of rotatable bonds is 7. The van der Waals surface area contributed by atoms with Crippen LogP contribution in [0.25, 0.3) is 5.57 Å². The summed E-state index contributed by atoms with van der Waals surface area (Å²) in [6.07, 6.45) is 4.06. The molecule has 4 rings (SSSR count). The van der Waals surface area contributed by atoms with Crippen molar-refractivity contribution in [1.29, 1.82) is 0 Å². The van der Waals surface area contributed by atoms with Gasteiger partial charge in [0.05, 0.1) is 6.10 Å². The molecule has 0 saturated heterocycles. The quantitative estimate of drug-likeness (QED) is 0.289. The first-order valence-corrected chi connectivity index (χ1v) is 12.0. The molecule has 184 valence electrons. The van der Waals surface area contributed by atoms with E-state index < -0.39 is 12.0 Å². The number of aliphatic hydroxyl groups excluding tert-OH is 1. The van der Waals surface area contributed by atoms with Gasteiger partial charge in [-0.05, 0) is 66.9 Å². The fourth-order valence-corrected chi connectivity index (χ4v) is 4.05. The number of benzene rings is 3. The molecule has 1 aliphatic rings. The van der Waals surface area contributed by atoms with Gasteiger partial charge in [0.1, 0.15) is 11.9 Å². The van der Waals surface area contributed by atoms with Crippen molar-refractivity contribution in [2.24, 2.45) is 0 Å². The van der Waals surface area contributed by atoms with Gasteiger partial charge in [0.2, 0.25) is 5.91 Å². The second kappa shape index (κ2) is 11.2. The lowest BCUT2D eigenvalue weighted by molar-refractivity contribution is -0.124. The standard InChI is InChI=1S/C29H27ClN2O4/c1-18(2)36-22-15-11-20(12-16-22)23(19-9-13-21(30)14-10-19)5-3-8-28(34)31-25-6-4-7-26-24(25)17-27(33)29(35)32-26/h3-16,18,27,33H,17H2,1-2H3,(H,31,34)(H,32,35). The summed E-state index contributed by atoms with van der Waals surface area (Å²) in [7, 11) is 0. The van der Waals surface area contributed by atoms with Crippen molar-refractivity contribution in [3.05, 3.63) is 107 Å². The van der Waals surface area contributed by atoms with E-state index in [2.05, 4.69) is 10.6 Å². The number of fused-ring (bicyclic) bond motifs is 1. The van der Waals surface area contributed by atoms with Crippen LogP contribution in [0.1, 0.15) is 30.5 Å². The fourth-order valence-electron chi connectivity index (χ4n) is 3.92. The van der Waals surface area contributed by atoms with Crippen molar-refractivity contribution < 1.29 is 19.4 Å². The molecule has 6 nitrogen and oxygen atoms in total. The molecule has 0 saturated carbocycles. The van der Waals surface area contributed by atoms with E-state index in [0.717, 1.165) is 22.4 Å². The second-order valence-electron chi connectivity index (χ2n) is 8.67. The molecule has 0 radical (unpaired) electrons. The average molecular weight is 503 g/mol. The Morgan fingerprint density at radius 3 is 2.42 bits per heavy atom. The third-order valence-corrected chi connectivity index (χ3v) is 5.85. The van der Waals surface area contributed by atoms with Gasteiger partial charge in [-0.1, -0.05) is 54.1 Å². The molecule has 3 aromatic rings. The number of nitrogens with one attached hydrogen (secondary N) is 2. The molecular weight excluding hydrogens is 476 g/mol. The Morgan fingerprint density at radius 2 is 1.75 bits per heavy atom. The normalized spacial score (nSPS) is 15.5. The Hall–Kier alpha value is -3.87. The number of ether oxygens (including phenoxy) is 1. The van der Waals surface area contributed by atoms with E-state index in [0.29, 0.717) is 22.0 Å². The lowest BCUT2D eigenvalue weighted by atomic mass is 9.97. The largest absolute Gasteiger partial charge is 0.491 e. The molecule has 0 bridgehead atoms. The zero-order valence-electron chi connectivity index (χ0n) is 20.0. The SMILES string of the molecule is CC(C)Oc1ccc(C(=CC=CC(=O)Nc2cccc3c2CC(O)C(=O)N3)c2ccc(Cl)cc2)cc1. The molecule has 0 aromatic heterocycles. The van der Waals surface area contributed by atoms with Gasteiger partial charge in [0, 0.05) is 34.5 Å². The maximum Gasteiger partial charge on any atom is 0.253 e. The number of anilines is 2. The minimum Gasteiger partial charge on any atom is -0.491 e. The molecule has 0 fully saturated rings. The van der Waals surface area contributed by atoms with Crippen molar-refractivity contribution in [2.45, 2.75) is 32.5 Å². The van der Waals surface area contributed by atoms with Gasteiger partial charge in [0.15, 0.2) is 0 Å². The van der Waals surface area contributed by atoms with Crippen molar-refractivity contribution in [2.75, 3.05) is 10.6 Å². The summed E-state index contributed by atoms with van der Waals surface area (Å²) >= 11 is 6.08. The summed E-state index contributed by atoms with van der Waals surface area (Å²) in [5.41, 5.74) is 4.64. The van der Waals surface area contributed by atoms with Gasteiger partial charge in [-0.15, -0.1) is 0 Å². The zero-order chi connectivity index (χ0) is 25.7. The fraction of sp³-hybridized carbons (Fsp3) is 0.172. The average Bonchev–Trinajstić information content (AvgIpc) is 2.84. The molecule has 3 N–H and O–H groups in total. The summed E-state index contributed by atoms with van der Waals surface area (Å²) in [6, 6.07) is 20.5. The number of halogens is 1. The van der Waals surface area contributed by atoms with Gasteiger partial charge >= 0.3 is 0 Å². The lowest BCUT2D eigenvalue weighted by Gasteiger charge is -2.23. The van der Waals surface area contributed by atoms with Crippen LogP contribution < -0.4 is 15.4 Å². The van der Waals surface area contributed by atoms with E-state index in [9.17, 15) is 14.7 Å². The molecule has 1 aliphatic heterocycles. The number of hydrogen-bond acceptors (Lipinski definition) is 4. The van der Waals surface area contributed by atoms with Gasteiger partial charge in [0.25, 0.3) is 5.91 Å². The third kappa shape index (κ3) is 6.22. The monoisotopic (exact) mass is 502 g/mol. The molecule has 1 atom stereocenters. The Bertz CT molecular complexity index is 1310. The molecule has 1 heterocycles. The highest BCUT2D eigenvalue weighted by atomic mass is 35.5. The first-order valence-electron chi connectivity index (χ1n) is 11.6. The molecule has 3 aromatic carbocycles. The van der Waals surface area contributed by atoms with E-state index in [1.54, 1.807) is 24.3 Å². The van der Waals surface area contributed by atoms with Gasteiger partial charge < -0.3 is 20.5 Å². The summed E-state index contributed by atoms with van der Waals surface area (Å²) in [5.74, 6) is 0.00310.